The van der Waals surface area contributed by atoms with Crippen molar-refractivity contribution in [3.63, 3.8) is 0 Å². The monoisotopic (exact) mass is 354 g/mol. The first-order valence-corrected chi connectivity index (χ1v) is 9.45. The van der Waals surface area contributed by atoms with Crippen LogP contribution in [-0.2, 0) is 13.1 Å². The Hall–Kier alpha value is -1.91. The van der Waals surface area contributed by atoms with Crippen molar-refractivity contribution in [3.8, 4) is 5.75 Å². The molecule has 1 fully saturated rings. The second-order valence-corrected chi connectivity index (χ2v) is 7.97. The van der Waals surface area contributed by atoms with E-state index in [0.717, 1.165) is 56.9 Å². The number of aryl methyl sites for hydroxylation is 1. The van der Waals surface area contributed by atoms with Crippen LogP contribution >= 0.6 is 0 Å². The third-order valence-electron chi connectivity index (χ3n) is 5.67. The maximum atomic E-state index is 13.3. The summed E-state index contributed by atoms with van der Waals surface area (Å²) in [5.74, 6) is 0.850. The van der Waals surface area contributed by atoms with Crippen LogP contribution in [0.3, 0.4) is 0 Å². The average Bonchev–Trinajstić information content (AvgIpc) is 2.76. The van der Waals surface area contributed by atoms with Crippen LogP contribution in [-0.4, -0.2) is 42.1 Å². The van der Waals surface area contributed by atoms with Crippen molar-refractivity contribution in [2.75, 3.05) is 26.7 Å². The molecule has 0 bridgehead atoms. The van der Waals surface area contributed by atoms with E-state index in [2.05, 4.69) is 42.0 Å². The molecule has 4 heteroatoms. The fourth-order valence-electron chi connectivity index (χ4n) is 4.15. The Balaban J connectivity index is 1.63. The molecule has 0 amide bonds. The zero-order valence-corrected chi connectivity index (χ0v) is 15.7. The van der Waals surface area contributed by atoms with Crippen LogP contribution in [0.5, 0.6) is 5.75 Å². The zero-order valence-electron chi connectivity index (χ0n) is 15.7. The average molecular weight is 354 g/mol. The number of halogens is 1. The van der Waals surface area contributed by atoms with Crippen LogP contribution in [0.1, 0.15) is 29.5 Å². The fourth-order valence-corrected chi connectivity index (χ4v) is 4.15. The van der Waals surface area contributed by atoms with Crippen molar-refractivity contribution < 1.29 is 9.13 Å². The maximum absolute atomic E-state index is 13.3. The molecule has 1 saturated heterocycles. The number of hydrogen-bond acceptors (Lipinski definition) is 3. The van der Waals surface area contributed by atoms with Crippen molar-refractivity contribution in [2.24, 2.45) is 0 Å². The van der Waals surface area contributed by atoms with Crippen molar-refractivity contribution in [3.05, 3.63) is 65.0 Å². The van der Waals surface area contributed by atoms with Gasteiger partial charge in [-0.05, 0) is 37.7 Å². The van der Waals surface area contributed by atoms with Crippen LogP contribution in [0.25, 0.3) is 0 Å². The summed E-state index contributed by atoms with van der Waals surface area (Å²) >= 11 is 0. The van der Waals surface area contributed by atoms with Gasteiger partial charge in [-0.2, -0.15) is 0 Å². The lowest BCUT2D eigenvalue weighted by molar-refractivity contribution is -0.0146. The van der Waals surface area contributed by atoms with Gasteiger partial charge in [0.15, 0.2) is 0 Å². The molecule has 2 aromatic rings. The Morgan fingerprint density at radius 2 is 1.81 bits per heavy atom. The van der Waals surface area contributed by atoms with Crippen LogP contribution in [0.4, 0.5) is 4.39 Å². The highest BCUT2D eigenvalue weighted by molar-refractivity contribution is 5.38. The molecular formula is C22H27FN2O. The molecular weight excluding hydrogens is 327 g/mol. The van der Waals surface area contributed by atoms with Gasteiger partial charge in [-0.25, -0.2) is 4.39 Å². The summed E-state index contributed by atoms with van der Waals surface area (Å²) < 4.78 is 19.9. The normalized spacial score (nSPS) is 20.4. The number of nitrogens with zero attached hydrogens (tertiary/aromatic N) is 2. The Labute approximate surface area is 155 Å². The van der Waals surface area contributed by atoms with E-state index >= 15 is 0 Å². The van der Waals surface area contributed by atoms with Crippen LogP contribution in [0.2, 0.25) is 0 Å². The quantitative estimate of drug-likeness (QED) is 0.811. The SMILES string of the molecule is Cc1ccc2c(c1)CN(Cc1ccc(F)cc1)CC1(CCN(C)CC1)O2. The minimum Gasteiger partial charge on any atom is -0.486 e. The van der Waals surface area contributed by atoms with E-state index in [1.54, 1.807) is 12.1 Å². The molecule has 0 aliphatic carbocycles. The van der Waals surface area contributed by atoms with Crippen LogP contribution in [0, 0.1) is 12.7 Å². The van der Waals surface area contributed by atoms with Gasteiger partial charge in [0.2, 0.25) is 0 Å². The van der Waals surface area contributed by atoms with Gasteiger partial charge in [0, 0.05) is 51.1 Å². The summed E-state index contributed by atoms with van der Waals surface area (Å²) in [6.07, 6.45) is 2.08. The topological polar surface area (TPSA) is 15.7 Å². The van der Waals surface area contributed by atoms with Crippen LogP contribution in [0.15, 0.2) is 42.5 Å². The second-order valence-electron chi connectivity index (χ2n) is 7.97. The molecule has 0 atom stereocenters. The highest BCUT2D eigenvalue weighted by Gasteiger charge is 2.40. The molecule has 2 aromatic carbocycles. The fraction of sp³-hybridized carbons (Fsp3) is 0.455. The molecule has 0 radical (unpaired) electrons. The van der Waals surface area contributed by atoms with E-state index in [1.807, 2.05) is 12.1 Å². The van der Waals surface area contributed by atoms with E-state index in [-0.39, 0.29) is 11.4 Å². The highest BCUT2D eigenvalue weighted by Crippen LogP contribution is 2.36. The van der Waals surface area contributed by atoms with Crippen molar-refractivity contribution >= 4 is 0 Å². The molecule has 0 N–H and O–H groups in total. The van der Waals surface area contributed by atoms with Crippen molar-refractivity contribution in [2.45, 2.75) is 38.5 Å². The number of rotatable bonds is 2. The van der Waals surface area contributed by atoms with Gasteiger partial charge in [0.1, 0.15) is 17.2 Å². The number of piperidine rings is 1. The highest BCUT2D eigenvalue weighted by atomic mass is 19.1. The summed E-state index contributed by atoms with van der Waals surface area (Å²) in [5.41, 5.74) is 3.52. The minimum atomic E-state index is -0.180. The molecule has 138 valence electrons. The van der Waals surface area contributed by atoms with E-state index in [9.17, 15) is 4.39 Å². The molecule has 26 heavy (non-hydrogen) atoms. The Kier molecular flexibility index (Phi) is 4.72. The summed E-state index contributed by atoms with van der Waals surface area (Å²) in [7, 11) is 2.18. The molecule has 2 aliphatic rings. The van der Waals surface area contributed by atoms with E-state index in [0.29, 0.717) is 0 Å². The minimum absolute atomic E-state index is 0.132. The number of hydrogen-bond donors (Lipinski definition) is 0. The maximum Gasteiger partial charge on any atom is 0.124 e. The summed E-state index contributed by atoms with van der Waals surface area (Å²) in [6.45, 7) is 6.84. The predicted octanol–water partition coefficient (Wildman–Crippen LogP) is 3.99. The van der Waals surface area contributed by atoms with E-state index < -0.39 is 0 Å². The number of likely N-dealkylation sites (tertiary alicyclic amines) is 1. The largest absolute Gasteiger partial charge is 0.486 e. The lowest BCUT2D eigenvalue weighted by atomic mass is 9.90. The first-order valence-electron chi connectivity index (χ1n) is 9.45. The molecule has 2 aliphatic heterocycles. The van der Waals surface area contributed by atoms with Gasteiger partial charge in [0.25, 0.3) is 0 Å². The van der Waals surface area contributed by atoms with Gasteiger partial charge in [-0.1, -0.05) is 29.8 Å². The molecule has 2 heterocycles. The summed E-state index contributed by atoms with van der Waals surface area (Å²) in [5, 5.41) is 0. The molecule has 0 unspecified atom stereocenters. The Bertz CT molecular complexity index is 766. The predicted molar refractivity (Wildman–Crippen MR) is 102 cm³/mol. The molecule has 1 spiro atoms. The van der Waals surface area contributed by atoms with Crippen molar-refractivity contribution in [1.82, 2.24) is 9.80 Å². The summed E-state index contributed by atoms with van der Waals surface area (Å²) in [4.78, 5) is 4.84. The molecule has 0 saturated carbocycles. The number of benzene rings is 2. The van der Waals surface area contributed by atoms with Gasteiger partial charge < -0.3 is 9.64 Å². The number of ether oxygens (including phenoxy) is 1. The Morgan fingerprint density at radius 1 is 1.08 bits per heavy atom. The van der Waals surface area contributed by atoms with E-state index in [1.165, 1.54) is 11.1 Å². The standard InChI is InChI=1S/C22H27FN2O/c1-17-3-8-21-19(13-17)15-25(14-18-4-6-20(23)7-5-18)16-22(26-21)9-11-24(2)12-10-22/h3-8,13H,9-12,14-16H2,1-2H3. The van der Waals surface area contributed by atoms with Gasteiger partial charge >= 0.3 is 0 Å². The van der Waals surface area contributed by atoms with Gasteiger partial charge in [-0.3, -0.25) is 4.90 Å². The van der Waals surface area contributed by atoms with Gasteiger partial charge in [0.05, 0.1) is 0 Å². The first kappa shape index (κ1) is 17.5. The number of fused-ring (bicyclic) bond motifs is 1. The lowest BCUT2D eigenvalue weighted by Crippen LogP contribution is -2.52. The Morgan fingerprint density at radius 3 is 2.54 bits per heavy atom. The summed E-state index contributed by atoms with van der Waals surface area (Å²) in [6, 6.07) is 13.4. The molecule has 4 rings (SSSR count). The first-order chi connectivity index (χ1) is 12.5. The lowest BCUT2D eigenvalue weighted by Gasteiger charge is -2.42. The van der Waals surface area contributed by atoms with Crippen LogP contribution < -0.4 is 4.74 Å². The van der Waals surface area contributed by atoms with E-state index in [4.69, 9.17) is 4.74 Å². The molecule has 0 aromatic heterocycles. The smallest absolute Gasteiger partial charge is 0.124 e. The molecule has 3 nitrogen and oxygen atoms in total. The second kappa shape index (κ2) is 7.01. The van der Waals surface area contributed by atoms with Crippen molar-refractivity contribution in [1.29, 1.82) is 0 Å². The third-order valence-corrected chi connectivity index (χ3v) is 5.67. The van der Waals surface area contributed by atoms with Gasteiger partial charge in [-0.15, -0.1) is 0 Å². The zero-order chi connectivity index (χ0) is 18.1. The third kappa shape index (κ3) is 3.76.